The summed E-state index contributed by atoms with van der Waals surface area (Å²) in [6, 6.07) is 8.06. The second-order valence-electron chi connectivity index (χ2n) is 9.80. The summed E-state index contributed by atoms with van der Waals surface area (Å²) >= 11 is 21.7. The first kappa shape index (κ1) is 33.3. The third-order valence-corrected chi connectivity index (χ3v) is 8.56. The lowest BCUT2D eigenvalue weighted by Gasteiger charge is -2.11. The average molecular weight is 730 g/mol. The predicted octanol–water partition coefficient (Wildman–Crippen LogP) is 8.62. The quantitative estimate of drug-likeness (QED) is 0.129. The minimum Gasteiger partial charge on any atom is -0.326 e. The number of halogens is 10. The highest BCUT2D eigenvalue weighted by Crippen LogP contribution is 2.65. The van der Waals surface area contributed by atoms with Crippen molar-refractivity contribution in [2.75, 3.05) is 10.6 Å². The average Bonchev–Trinajstić information content (AvgIpc) is 3.50. The zero-order valence-electron chi connectivity index (χ0n) is 21.6. The lowest BCUT2D eigenvalue weighted by molar-refractivity contribution is -0.140. The van der Waals surface area contributed by atoms with Crippen LogP contribution in [0.15, 0.2) is 48.5 Å². The normalized spacial score (nSPS) is 17.4. The first-order valence-electron chi connectivity index (χ1n) is 12.5. The molecule has 0 aromatic heterocycles. The summed E-state index contributed by atoms with van der Waals surface area (Å²) in [4.78, 5) is 38.0. The monoisotopic (exact) mass is 727 g/mol. The number of amides is 1. The molecule has 0 saturated heterocycles. The van der Waals surface area contributed by atoms with Crippen molar-refractivity contribution in [1.82, 2.24) is 0 Å². The highest BCUT2D eigenvalue weighted by atomic mass is 79.9. The fourth-order valence-corrected chi connectivity index (χ4v) is 6.16. The lowest BCUT2D eigenvalue weighted by atomic mass is 9.97. The van der Waals surface area contributed by atoms with E-state index in [0.29, 0.717) is 17.5 Å². The van der Waals surface area contributed by atoms with Crippen LogP contribution in [0.2, 0.25) is 5.02 Å². The molecule has 14 heteroatoms. The van der Waals surface area contributed by atoms with Crippen molar-refractivity contribution in [2.45, 2.75) is 35.7 Å². The molecular weight excluding hydrogens is 711 g/mol. The van der Waals surface area contributed by atoms with Gasteiger partial charge >= 0.3 is 6.18 Å². The number of rotatable bonds is 10. The SMILES string of the molecule is O=C(CCBr)Cc1c(F)ccc(CC(=O)c2cc(NC(=O)[C@H]3[C@H](c4ccc(F)c(C(F)(F)F)c4)C3(Cl)Cl)ccc2Cl)c1F. The number of carbonyl (C=O) groups is 3. The Morgan fingerprint density at radius 3 is 2.26 bits per heavy atom. The molecule has 4 nitrogen and oxygen atoms in total. The van der Waals surface area contributed by atoms with Crippen molar-refractivity contribution in [3.05, 3.63) is 98.8 Å². The van der Waals surface area contributed by atoms with Crippen LogP contribution in [0, 0.1) is 23.4 Å². The molecular formula is C29H19BrCl3F6NO3. The van der Waals surface area contributed by atoms with Crippen molar-refractivity contribution in [3.63, 3.8) is 0 Å². The summed E-state index contributed by atoms with van der Waals surface area (Å²) in [6.07, 6.45) is -5.96. The molecule has 0 unspecified atom stereocenters. The highest BCUT2D eigenvalue weighted by Gasteiger charge is 2.67. The number of nitrogens with one attached hydrogen (secondary N) is 1. The Labute approximate surface area is 264 Å². The molecule has 4 rings (SSSR count). The largest absolute Gasteiger partial charge is 0.419 e. The summed E-state index contributed by atoms with van der Waals surface area (Å²) in [6.45, 7) is 0. The van der Waals surface area contributed by atoms with Gasteiger partial charge in [0, 0.05) is 47.3 Å². The standard InChI is InChI=1S/C29H19BrCl3F6NO3/c30-8-7-16(41)12-18-21(34)5-2-14(26(18)36)10-23(42)17-11-15(3-4-20(17)31)40-27(43)25-24(28(25,32)33)13-1-6-22(35)19(9-13)29(37,38)39/h1-6,9,11,24-25H,7-8,10,12H2,(H,40,43)/t24-,25+/m0/s1. The van der Waals surface area contributed by atoms with E-state index in [1.54, 1.807) is 0 Å². The molecule has 0 spiro atoms. The van der Waals surface area contributed by atoms with Gasteiger partial charge in [-0.25, -0.2) is 13.2 Å². The topological polar surface area (TPSA) is 63.2 Å². The van der Waals surface area contributed by atoms with E-state index in [1.807, 2.05) is 0 Å². The van der Waals surface area contributed by atoms with Gasteiger partial charge in [0.1, 0.15) is 27.6 Å². The summed E-state index contributed by atoms with van der Waals surface area (Å²) < 4.78 is 80.8. The third kappa shape index (κ3) is 7.21. The van der Waals surface area contributed by atoms with Crippen LogP contribution < -0.4 is 5.32 Å². The van der Waals surface area contributed by atoms with Crippen LogP contribution in [0.3, 0.4) is 0 Å². The van der Waals surface area contributed by atoms with Crippen molar-refractivity contribution in [2.24, 2.45) is 5.92 Å². The molecule has 0 radical (unpaired) electrons. The summed E-state index contributed by atoms with van der Waals surface area (Å²) in [5.74, 6) is -7.67. The zero-order valence-corrected chi connectivity index (χ0v) is 25.5. The third-order valence-electron chi connectivity index (χ3n) is 6.89. The van der Waals surface area contributed by atoms with E-state index in [-0.39, 0.29) is 33.8 Å². The number of alkyl halides is 6. The van der Waals surface area contributed by atoms with E-state index < -0.39 is 81.2 Å². The smallest absolute Gasteiger partial charge is 0.326 e. The molecule has 0 aliphatic heterocycles. The van der Waals surface area contributed by atoms with Crippen LogP contribution in [0.1, 0.15) is 45.0 Å². The molecule has 1 saturated carbocycles. The number of anilines is 1. The van der Waals surface area contributed by atoms with Gasteiger partial charge in [0.05, 0.1) is 16.5 Å². The first-order valence-corrected chi connectivity index (χ1v) is 14.7. The van der Waals surface area contributed by atoms with Crippen molar-refractivity contribution >= 4 is 73.9 Å². The van der Waals surface area contributed by atoms with Gasteiger partial charge in [-0.3, -0.25) is 14.4 Å². The Balaban J connectivity index is 1.52. The van der Waals surface area contributed by atoms with E-state index in [1.165, 1.54) is 18.2 Å². The fourth-order valence-electron chi connectivity index (χ4n) is 4.66. The molecule has 2 atom stereocenters. The Morgan fingerprint density at radius 1 is 0.930 bits per heavy atom. The van der Waals surface area contributed by atoms with Crippen molar-refractivity contribution < 1.29 is 40.7 Å². The first-order chi connectivity index (χ1) is 20.1. The number of benzene rings is 3. The molecule has 1 fully saturated rings. The zero-order chi connectivity index (χ0) is 31.9. The molecule has 0 heterocycles. The molecule has 1 amide bonds. The van der Waals surface area contributed by atoms with Crippen LogP contribution in [-0.4, -0.2) is 27.1 Å². The van der Waals surface area contributed by atoms with Crippen molar-refractivity contribution in [3.8, 4) is 0 Å². The maximum Gasteiger partial charge on any atom is 0.419 e. The van der Waals surface area contributed by atoms with Gasteiger partial charge in [0.2, 0.25) is 5.91 Å². The number of ketones is 2. The molecule has 1 N–H and O–H groups in total. The molecule has 1 aliphatic rings. The Morgan fingerprint density at radius 2 is 1.60 bits per heavy atom. The van der Waals surface area contributed by atoms with Gasteiger partial charge in [0.15, 0.2) is 5.78 Å². The Kier molecular flexibility index (Phi) is 9.90. The summed E-state index contributed by atoms with van der Waals surface area (Å²) in [5, 5.41) is 2.76. The number of Topliss-reactive ketones (excluding diaryl/α,β-unsaturated/α-hetero) is 2. The lowest BCUT2D eigenvalue weighted by Crippen LogP contribution is -2.18. The van der Waals surface area contributed by atoms with Gasteiger partial charge in [-0.05, 0) is 47.5 Å². The van der Waals surface area contributed by atoms with Gasteiger partial charge in [0.25, 0.3) is 0 Å². The van der Waals surface area contributed by atoms with Crippen LogP contribution in [0.25, 0.3) is 0 Å². The Hall–Kier alpha value is -2.60. The van der Waals surface area contributed by atoms with E-state index in [4.69, 9.17) is 34.8 Å². The fraction of sp³-hybridized carbons (Fsp3) is 0.276. The summed E-state index contributed by atoms with van der Waals surface area (Å²) in [7, 11) is 0. The molecule has 1 aliphatic carbocycles. The second-order valence-corrected chi connectivity index (χ2v) is 12.4. The maximum absolute atomic E-state index is 15.1. The van der Waals surface area contributed by atoms with Gasteiger partial charge < -0.3 is 5.32 Å². The van der Waals surface area contributed by atoms with Gasteiger partial charge in [-0.2, -0.15) is 13.2 Å². The minimum atomic E-state index is -4.98. The minimum absolute atomic E-state index is 0.0439. The van der Waals surface area contributed by atoms with Crippen LogP contribution in [0.4, 0.5) is 32.0 Å². The van der Waals surface area contributed by atoms with Crippen LogP contribution in [-0.2, 0) is 28.6 Å². The molecule has 43 heavy (non-hydrogen) atoms. The molecule has 228 valence electrons. The molecule has 3 aromatic rings. The van der Waals surface area contributed by atoms with E-state index >= 15 is 4.39 Å². The summed E-state index contributed by atoms with van der Waals surface area (Å²) in [5.41, 5.74) is -2.34. The van der Waals surface area contributed by atoms with Crippen LogP contribution in [0.5, 0.6) is 0 Å². The number of hydrogen-bond acceptors (Lipinski definition) is 3. The molecule has 3 aromatic carbocycles. The molecule has 0 bridgehead atoms. The highest BCUT2D eigenvalue weighted by molar-refractivity contribution is 9.09. The predicted molar refractivity (Wildman–Crippen MR) is 154 cm³/mol. The van der Waals surface area contributed by atoms with Gasteiger partial charge in [-0.15, -0.1) is 23.2 Å². The maximum atomic E-state index is 15.1. The van der Waals surface area contributed by atoms with E-state index in [2.05, 4.69) is 21.2 Å². The van der Waals surface area contributed by atoms with Crippen molar-refractivity contribution in [1.29, 1.82) is 0 Å². The number of hydrogen-bond donors (Lipinski definition) is 1. The number of carbonyl (C=O) groups excluding carboxylic acids is 3. The van der Waals surface area contributed by atoms with Gasteiger partial charge in [-0.1, -0.05) is 39.7 Å². The van der Waals surface area contributed by atoms with E-state index in [9.17, 15) is 36.3 Å². The van der Waals surface area contributed by atoms with E-state index in [0.717, 1.165) is 18.2 Å². The second kappa shape index (κ2) is 12.8. The van der Waals surface area contributed by atoms with Crippen LogP contribution >= 0.6 is 50.7 Å². The Bertz CT molecular complexity index is 1620.